The highest BCUT2D eigenvalue weighted by Gasteiger charge is 2.68. The summed E-state index contributed by atoms with van der Waals surface area (Å²) < 4.78 is 5.51. The molecule has 4 bridgehead atoms. The van der Waals surface area contributed by atoms with Gasteiger partial charge in [-0.25, -0.2) is 0 Å². The second kappa shape index (κ2) is 2.67. The van der Waals surface area contributed by atoms with E-state index in [0.29, 0.717) is 5.92 Å². The van der Waals surface area contributed by atoms with Gasteiger partial charge in [-0.3, -0.25) is 0 Å². The number of aliphatic hydroxyl groups excluding tert-OH is 1. The van der Waals surface area contributed by atoms with Crippen molar-refractivity contribution in [1.82, 2.24) is 0 Å². The van der Waals surface area contributed by atoms with Crippen LogP contribution in [0.1, 0.15) is 25.7 Å². The summed E-state index contributed by atoms with van der Waals surface area (Å²) in [6.45, 7) is 0.855. The van der Waals surface area contributed by atoms with Gasteiger partial charge in [-0.15, -0.1) is 0 Å². The summed E-state index contributed by atoms with van der Waals surface area (Å²) >= 11 is 0. The SMILES string of the molecule is O[C@H]1OCC2C3CC(C4C5CCC(C5)C34)C21. The average molecular weight is 220 g/mol. The fourth-order valence-corrected chi connectivity index (χ4v) is 6.73. The molecule has 0 aromatic heterocycles. The third-order valence-electron chi connectivity index (χ3n) is 6.91. The van der Waals surface area contributed by atoms with Crippen LogP contribution in [0.25, 0.3) is 0 Å². The number of ether oxygens (including phenoxy) is 1. The third kappa shape index (κ3) is 0.799. The van der Waals surface area contributed by atoms with Crippen LogP contribution in [0, 0.1) is 47.3 Å². The van der Waals surface area contributed by atoms with Crippen LogP contribution >= 0.6 is 0 Å². The first-order valence-corrected chi connectivity index (χ1v) is 7.14. The summed E-state index contributed by atoms with van der Waals surface area (Å²) in [5.74, 6) is 7.11. The van der Waals surface area contributed by atoms with E-state index in [0.717, 1.165) is 48.0 Å². The first-order valence-electron chi connectivity index (χ1n) is 7.14. The molecule has 1 saturated heterocycles. The van der Waals surface area contributed by atoms with E-state index < -0.39 is 6.29 Å². The Morgan fingerprint density at radius 3 is 2.38 bits per heavy atom. The summed E-state index contributed by atoms with van der Waals surface area (Å²) in [7, 11) is 0. The van der Waals surface area contributed by atoms with Crippen LogP contribution < -0.4 is 0 Å². The van der Waals surface area contributed by atoms with E-state index in [1.165, 1.54) is 25.7 Å². The van der Waals surface area contributed by atoms with Crippen molar-refractivity contribution in [2.45, 2.75) is 32.0 Å². The molecule has 1 heterocycles. The molecular formula is C14H20O2. The first kappa shape index (κ1) is 8.93. The van der Waals surface area contributed by atoms with Gasteiger partial charge in [0.25, 0.3) is 0 Å². The molecule has 2 nitrogen and oxygen atoms in total. The van der Waals surface area contributed by atoms with E-state index >= 15 is 0 Å². The highest BCUT2D eigenvalue weighted by atomic mass is 16.6. The molecule has 2 heteroatoms. The molecule has 5 rings (SSSR count). The quantitative estimate of drug-likeness (QED) is 0.632. The number of aliphatic hydroxyl groups is 1. The van der Waals surface area contributed by atoms with Crippen molar-refractivity contribution in [2.24, 2.45) is 47.3 Å². The zero-order chi connectivity index (χ0) is 10.4. The van der Waals surface area contributed by atoms with Crippen LogP contribution in [0.5, 0.6) is 0 Å². The molecule has 88 valence electrons. The monoisotopic (exact) mass is 220 g/mol. The Labute approximate surface area is 96.4 Å². The molecule has 4 saturated carbocycles. The van der Waals surface area contributed by atoms with Crippen LogP contribution in [0.4, 0.5) is 0 Å². The molecule has 0 aromatic carbocycles. The van der Waals surface area contributed by atoms with E-state index in [1.54, 1.807) is 0 Å². The zero-order valence-corrected chi connectivity index (χ0v) is 9.59. The van der Waals surface area contributed by atoms with Crippen molar-refractivity contribution in [1.29, 1.82) is 0 Å². The van der Waals surface area contributed by atoms with Gasteiger partial charge in [-0.1, -0.05) is 0 Å². The number of fused-ring (bicyclic) bond motifs is 12. The molecule has 5 fully saturated rings. The fraction of sp³-hybridized carbons (Fsp3) is 1.00. The van der Waals surface area contributed by atoms with Gasteiger partial charge in [0.1, 0.15) is 0 Å². The number of hydrogen-bond donors (Lipinski definition) is 1. The van der Waals surface area contributed by atoms with Gasteiger partial charge in [0.15, 0.2) is 6.29 Å². The molecule has 4 aliphatic carbocycles. The van der Waals surface area contributed by atoms with E-state index in [9.17, 15) is 5.11 Å². The molecule has 0 radical (unpaired) electrons. The standard InChI is InChI=1S/C14H20O2/c15-14-13-9-4-8(10(13)5-16-14)11-6-1-2-7(3-6)12(9)11/h6-15H,1-5H2/t6?,7?,8?,9?,10?,11?,12?,13?,14-/m0/s1. The second-order valence-corrected chi connectivity index (χ2v) is 7.02. The van der Waals surface area contributed by atoms with Crippen molar-refractivity contribution in [2.75, 3.05) is 6.61 Å². The predicted octanol–water partition coefficient (Wildman–Crippen LogP) is 1.88. The molecule has 8 unspecified atom stereocenters. The van der Waals surface area contributed by atoms with Crippen molar-refractivity contribution >= 4 is 0 Å². The maximum absolute atomic E-state index is 9.99. The van der Waals surface area contributed by atoms with Gasteiger partial charge < -0.3 is 9.84 Å². The topological polar surface area (TPSA) is 29.5 Å². The van der Waals surface area contributed by atoms with Crippen molar-refractivity contribution in [3.63, 3.8) is 0 Å². The average Bonchev–Trinajstić information content (AvgIpc) is 2.99. The molecule has 1 N–H and O–H groups in total. The summed E-state index contributed by atoms with van der Waals surface area (Å²) in [6.07, 6.45) is 5.54. The minimum Gasteiger partial charge on any atom is -0.368 e. The maximum Gasteiger partial charge on any atom is 0.157 e. The summed E-state index contributed by atoms with van der Waals surface area (Å²) in [4.78, 5) is 0. The fourth-order valence-electron chi connectivity index (χ4n) is 6.73. The van der Waals surface area contributed by atoms with Crippen LogP contribution in [-0.2, 0) is 4.74 Å². The van der Waals surface area contributed by atoms with Crippen LogP contribution in [0.3, 0.4) is 0 Å². The minimum atomic E-state index is -0.417. The van der Waals surface area contributed by atoms with Gasteiger partial charge >= 0.3 is 0 Å². The Balaban J connectivity index is 1.57. The van der Waals surface area contributed by atoms with Gasteiger partial charge in [-0.05, 0) is 67.1 Å². The highest BCUT2D eigenvalue weighted by Crippen LogP contribution is 2.71. The van der Waals surface area contributed by atoms with E-state index in [-0.39, 0.29) is 0 Å². The Kier molecular flexibility index (Phi) is 1.49. The molecule has 0 spiro atoms. The predicted molar refractivity (Wildman–Crippen MR) is 58.3 cm³/mol. The number of hydrogen-bond acceptors (Lipinski definition) is 2. The highest BCUT2D eigenvalue weighted by molar-refractivity contribution is 5.14. The minimum absolute atomic E-state index is 0.417. The molecule has 5 aliphatic rings. The summed E-state index contributed by atoms with van der Waals surface area (Å²) in [5.41, 5.74) is 0. The second-order valence-electron chi connectivity index (χ2n) is 7.02. The zero-order valence-electron chi connectivity index (χ0n) is 9.59. The smallest absolute Gasteiger partial charge is 0.157 e. The Morgan fingerprint density at radius 2 is 1.56 bits per heavy atom. The van der Waals surface area contributed by atoms with Crippen LogP contribution in [0.2, 0.25) is 0 Å². The lowest BCUT2D eigenvalue weighted by molar-refractivity contribution is -0.0992. The van der Waals surface area contributed by atoms with E-state index in [2.05, 4.69) is 0 Å². The lowest BCUT2D eigenvalue weighted by Crippen LogP contribution is -2.39. The van der Waals surface area contributed by atoms with Crippen molar-refractivity contribution in [3.05, 3.63) is 0 Å². The van der Waals surface area contributed by atoms with E-state index in [1.807, 2.05) is 0 Å². The van der Waals surface area contributed by atoms with Crippen LogP contribution in [-0.4, -0.2) is 18.0 Å². The lowest BCUT2D eigenvalue weighted by Gasteiger charge is -2.40. The third-order valence-corrected chi connectivity index (χ3v) is 6.91. The van der Waals surface area contributed by atoms with Gasteiger partial charge in [0.2, 0.25) is 0 Å². The van der Waals surface area contributed by atoms with Crippen molar-refractivity contribution in [3.8, 4) is 0 Å². The lowest BCUT2D eigenvalue weighted by atomic mass is 9.64. The Morgan fingerprint density at radius 1 is 0.812 bits per heavy atom. The van der Waals surface area contributed by atoms with Crippen LogP contribution in [0.15, 0.2) is 0 Å². The Hall–Kier alpha value is -0.0800. The van der Waals surface area contributed by atoms with Gasteiger partial charge in [0.05, 0.1) is 6.61 Å². The molecule has 16 heavy (non-hydrogen) atoms. The van der Waals surface area contributed by atoms with Gasteiger partial charge in [-0.2, -0.15) is 0 Å². The normalized spacial score (nSPS) is 69.9. The Bertz CT molecular complexity index is 342. The van der Waals surface area contributed by atoms with E-state index in [4.69, 9.17) is 4.74 Å². The number of rotatable bonds is 0. The van der Waals surface area contributed by atoms with Gasteiger partial charge in [0, 0.05) is 5.92 Å². The summed E-state index contributed by atoms with van der Waals surface area (Å²) in [5, 5.41) is 9.99. The molecule has 0 aromatic rings. The largest absolute Gasteiger partial charge is 0.368 e. The summed E-state index contributed by atoms with van der Waals surface area (Å²) in [6, 6.07) is 0. The molecule has 1 aliphatic heterocycles. The molecule has 9 atom stereocenters. The molecular weight excluding hydrogens is 200 g/mol. The first-order chi connectivity index (χ1) is 7.84. The molecule has 0 amide bonds. The maximum atomic E-state index is 9.99. The van der Waals surface area contributed by atoms with Crippen molar-refractivity contribution < 1.29 is 9.84 Å².